The Morgan fingerprint density at radius 2 is 1.83 bits per heavy atom. The number of nitrogens with one attached hydrogen (secondary N) is 2. The van der Waals surface area contributed by atoms with Gasteiger partial charge in [0.1, 0.15) is 5.54 Å². The average molecular weight is 403 g/mol. The van der Waals surface area contributed by atoms with Crippen LogP contribution in [-0.4, -0.2) is 52.3 Å². The van der Waals surface area contributed by atoms with Gasteiger partial charge in [0.25, 0.3) is 5.91 Å². The molecular formula is C21H29N3O5. The SMILES string of the molecule is CCOC(=O)c1c(C)[nH]c(C(=O)CN2C(=O)N[C@](C)(C3CCCCC3)C2=O)c1C. The molecular weight excluding hydrogens is 374 g/mol. The van der Waals surface area contributed by atoms with E-state index in [1.165, 1.54) is 0 Å². The summed E-state index contributed by atoms with van der Waals surface area (Å²) >= 11 is 0. The van der Waals surface area contributed by atoms with E-state index in [0.717, 1.165) is 37.0 Å². The van der Waals surface area contributed by atoms with Crippen LogP contribution in [0.2, 0.25) is 0 Å². The molecule has 3 amide bonds. The first-order valence-corrected chi connectivity index (χ1v) is 10.2. The average Bonchev–Trinajstić information content (AvgIpc) is 3.10. The van der Waals surface area contributed by atoms with Crippen molar-refractivity contribution >= 4 is 23.7 Å². The minimum Gasteiger partial charge on any atom is -0.462 e. The first kappa shape index (κ1) is 21.1. The minimum absolute atomic E-state index is 0.0812. The van der Waals surface area contributed by atoms with Gasteiger partial charge in [-0.25, -0.2) is 9.59 Å². The molecule has 1 aliphatic heterocycles. The van der Waals surface area contributed by atoms with Crippen LogP contribution in [0.15, 0.2) is 0 Å². The highest BCUT2D eigenvalue weighted by Gasteiger charge is 2.52. The number of hydrogen-bond acceptors (Lipinski definition) is 5. The summed E-state index contributed by atoms with van der Waals surface area (Å²) in [6, 6.07) is -0.539. The van der Waals surface area contributed by atoms with E-state index in [1.807, 2.05) is 0 Å². The quantitative estimate of drug-likeness (QED) is 0.431. The zero-order valence-electron chi connectivity index (χ0n) is 17.5. The van der Waals surface area contributed by atoms with Crippen LogP contribution >= 0.6 is 0 Å². The first-order valence-electron chi connectivity index (χ1n) is 10.2. The van der Waals surface area contributed by atoms with Crippen molar-refractivity contribution in [2.75, 3.05) is 13.2 Å². The Kier molecular flexibility index (Phi) is 5.82. The van der Waals surface area contributed by atoms with Crippen molar-refractivity contribution in [2.24, 2.45) is 5.92 Å². The van der Waals surface area contributed by atoms with Crippen LogP contribution in [0.1, 0.15) is 78.1 Å². The molecule has 0 aromatic carbocycles. The number of Topliss-reactive ketones (excluding diaryl/α,β-unsaturated/α-hetero) is 1. The smallest absolute Gasteiger partial charge is 0.340 e. The number of H-pyrrole nitrogens is 1. The summed E-state index contributed by atoms with van der Waals surface area (Å²) in [4.78, 5) is 54.5. The third kappa shape index (κ3) is 3.68. The molecule has 2 aliphatic rings. The van der Waals surface area contributed by atoms with Gasteiger partial charge in [0.05, 0.1) is 24.4 Å². The van der Waals surface area contributed by atoms with E-state index in [4.69, 9.17) is 4.74 Å². The number of aromatic nitrogens is 1. The van der Waals surface area contributed by atoms with E-state index < -0.39 is 23.3 Å². The van der Waals surface area contributed by atoms with Gasteiger partial charge in [-0.15, -0.1) is 0 Å². The zero-order valence-corrected chi connectivity index (χ0v) is 17.5. The van der Waals surface area contributed by atoms with E-state index in [-0.39, 0.29) is 30.7 Å². The van der Waals surface area contributed by atoms with Crippen molar-refractivity contribution in [3.05, 3.63) is 22.5 Å². The van der Waals surface area contributed by atoms with Crippen molar-refractivity contribution in [3.63, 3.8) is 0 Å². The summed E-state index contributed by atoms with van der Waals surface area (Å²) in [5.74, 6) is -1.19. The summed E-state index contributed by atoms with van der Waals surface area (Å²) in [6.45, 7) is 6.67. The molecule has 2 N–H and O–H groups in total. The van der Waals surface area contributed by atoms with Crippen molar-refractivity contribution < 1.29 is 23.9 Å². The van der Waals surface area contributed by atoms with Crippen molar-refractivity contribution in [2.45, 2.75) is 65.3 Å². The van der Waals surface area contributed by atoms with Crippen LogP contribution in [0.4, 0.5) is 4.79 Å². The summed E-state index contributed by atoms with van der Waals surface area (Å²) < 4.78 is 5.05. The van der Waals surface area contributed by atoms with Crippen LogP contribution in [-0.2, 0) is 9.53 Å². The summed E-state index contributed by atoms with van der Waals surface area (Å²) in [6.07, 6.45) is 5.01. The number of hydrogen-bond donors (Lipinski definition) is 2. The van der Waals surface area contributed by atoms with E-state index in [2.05, 4.69) is 10.3 Å². The number of imide groups is 1. The second kappa shape index (κ2) is 8.00. The number of ether oxygens (including phenoxy) is 1. The Labute approximate surface area is 170 Å². The highest BCUT2D eigenvalue weighted by Crippen LogP contribution is 2.36. The largest absolute Gasteiger partial charge is 0.462 e. The topological polar surface area (TPSA) is 109 Å². The summed E-state index contributed by atoms with van der Waals surface area (Å²) in [7, 11) is 0. The lowest BCUT2D eigenvalue weighted by Gasteiger charge is -2.34. The Hall–Kier alpha value is -2.64. The molecule has 1 aliphatic carbocycles. The Morgan fingerprint density at radius 3 is 2.45 bits per heavy atom. The third-order valence-corrected chi connectivity index (χ3v) is 6.22. The van der Waals surface area contributed by atoms with Gasteiger partial charge in [-0.3, -0.25) is 14.5 Å². The molecule has 1 atom stereocenters. The third-order valence-electron chi connectivity index (χ3n) is 6.22. The Morgan fingerprint density at radius 1 is 1.17 bits per heavy atom. The number of amides is 3. The van der Waals surface area contributed by atoms with Gasteiger partial charge in [-0.05, 0) is 52.0 Å². The Balaban J connectivity index is 1.79. The maximum atomic E-state index is 13.1. The molecule has 2 heterocycles. The molecule has 3 rings (SSSR count). The molecule has 158 valence electrons. The normalized spacial score (nSPS) is 22.7. The molecule has 0 unspecified atom stereocenters. The number of ketones is 1. The molecule has 8 heteroatoms. The number of urea groups is 1. The lowest BCUT2D eigenvalue weighted by Crippen LogP contribution is -2.51. The first-order chi connectivity index (χ1) is 13.7. The van der Waals surface area contributed by atoms with Crippen LogP contribution < -0.4 is 5.32 Å². The summed E-state index contributed by atoms with van der Waals surface area (Å²) in [5.41, 5.74) is 0.563. The predicted molar refractivity (Wildman–Crippen MR) is 106 cm³/mol. The second-order valence-electron chi connectivity index (χ2n) is 8.13. The number of rotatable bonds is 6. The standard InChI is InChI=1S/C21H29N3O5/c1-5-29-18(26)16-12(2)17(22-13(16)3)15(25)11-24-19(27)21(4,23-20(24)28)14-9-7-6-8-10-14/h14,22H,5-11H2,1-4H3,(H,23,28)/t21-/m1/s1. The van der Waals surface area contributed by atoms with Gasteiger partial charge in [-0.1, -0.05) is 19.3 Å². The van der Waals surface area contributed by atoms with Crippen LogP contribution in [0, 0.1) is 19.8 Å². The van der Waals surface area contributed by atoms with E-state index in [9.17, 15) is 19.2 Å². The van der Waals surface area contributed by atoms with Crippen LogP contribution in [0.25, 0.3) is 0 Å². The second-order valence-corrected chi connectivity index (χ2v) is 8.13. The van der Waals surface area contributed by atoms with Gasteiger partial charge in [0, 0.05) is 5.69 Å². The van der Waals surface area contributed by atoms with Crippen LogP contribution in [0.5, 0.6) is 0 Å². The molecule has 0 radical (unpaired) electrons. The van der Waals surface area contributed by atoms with E-state index in [0.29, 0.717) is 16.8 Å². The number of aryl methyl sites for hydroxylation is 1. The number of carbonyl (C=O) groups excluding carboxylic acids is 4. The van der Waals surface area contributed by atoms with Gasteiger partial charge < -0.3 is 15.0 Å². The maximum Gasteiger partial charge on any atom is 0.340 e. The lowest BCUT2D eigenvalue weighted by molar-refractivity contribution is -0.132. The molecule has 8 nitrogen and oxygen atoms in total. The molecule has 0 bridgehead atoms. The lowest BCUT2D eigenvalue weighted by atomic mass is 9.75. The van der Waals surface area contributed by atoms with Crippen molar-refractivity contribution in [1.82, 2.24) is 15.2 Å². The fraction of sp³-hybridized carbons (Fsp3) is 0.619. The monoisotopic (exact) mass is 403 g/mol. The molecule has 1 saturated carbocycles. The molecule has 0 spiro atoms. The molecule has 1 aromatic heterocycles. The van der Waals surface area contributed by atoms with E-state index >= 15 is 0 Å². The van der Waals surface area contributed by atoms with Gasteiger partial charge in [0.15, 0.2) is 5.78 Å². The summed E-state index contributed by atoms with van der Waals surface area (Å²) in [5, 5.41) is 2.82. The molecule has 1 saturated heterocycles. The van der Waals surface area contributed by atoms with Crippen molar-refractivity contribution in [1.29, 1.82) is 0 Å². The van der Waals surface area contributed by atoms with Gasteiger partial charge >= 0.3 is 12.0 Å². The molecule has 29 heavy (non-hydrogen) atoms. The predicted octanol–water partition coefficient (Wildman–Crippen LogP) is 2.88. The molecule has 2 fully saturated rings. The Bertz CT molecular complexity index is 853. The molecule has 1 aromatic rings. The minimum atomic E-state index is -0.964. The fourth-order valence-corrected chi connectivity index (χ4v) is 4.58. The number of carbonyl (C=O) groups is 4. The van der Waals surface area contributed by atoms with E-state index in [1.54, 1.807) is 27.7 Å². The highest BCUT2D eigenvalue weighted by molar-refractivity contribution is 6.11. The van der Waals surface area contributed by atoms with Gasteiger partial charge in [0.2, 0.25) is 0 Å². The number of nitrogens with zero attached hydrogens (tertiary/aromatic N) is 1. The zero-order chi connectivity index (χ0) is 21.3. The highest BCUT2D eigenvalue weighted by atomic mass is 16.5. The maximum absolute atomic E-state index is 13.1. The number of aromatic amines is 1. The van der Waals surface area contributed by atoms with Gasteiger partial charge in [-0.2, -0.15) is 0 Å². The van der Waals surface area contributed by atoms with Crippen molar-refractivity contribution in [3.8, 4) is 0 Å². The fourth-order valence-electron chi connectivity index (χ4n) is 4.58. The number of esters is 1. The van der Waals surface area contributed by atoms with Crippen LogP contribution in [0.3, 0.4) is 0 Å².